The molecule has 19 heavy (non-hydrogen) atoms. The fourth-order valence-electron chi connectivity index (χ4n) is 2.63. The van der Waals surface area contributed by atoms with Crippen molar-refractivity contribution in [1.82, 2.24) is 5.32 Å². The van der Waals surface area contributed by atoms with Crippen LogP contribution in [0, 0.1) is 23.5 Å². The molecule has 0 amide bonds. The van der Waals surface area contributed by atoms with E-state index in [1.54, 1.807) is 0 Å². The standard InChI is InChI=1S/C15H20BrF2N/c1-9(2)7-19-8-10-3-4-11(10)14-13(17)6-5-12(16)15(14)18/h5-6,9-11,19H,3-4,7-8H2,1-2H3. The third-order valence-electron chi connectivity index (χ3n) is 3.83. The second-order valence-corrected chi connectivity index (χ2v) is 6.61. The Bertz CT molecular complexity index is 448. The highest BCUT2D eigenvalue weighted by Gasteiger charge is 2.35. The summed E-state index contributed by atoms with van der Waals surface area (Å²) < 4.78 is 28.2. The third kappa shape index (κ3) is 3.34. The van der Waals surface area contributed by atoms with Gasteiger partial charge in [0, 0.05) is 5.56 Å². The van der Waals surface area contributed by atoms with Gasteiger partial charge in [0.05, 0.1) is 4.47 Å². The Morgan fingerprint density at radius 2 is 2.05 bits per heavy atom. The van der Waals surface area contributed by atoms with Gasteiger partial charge < -0.3 is 5.32 Å². The zero-order chi connectivity index (χ0) is 14.0. The Morgan fingerprint density at radius 1 is 1.32 bits per heavy atom. The minimum atomic E-state index is -0.432. The summed E-state index contributed by atoms with van der Waals surface area (Å²) >= 11 is 3.14. The topological polar surface area (TPSA) is 12.0 Å². The molecule has 0 heterocycles. The molecule has 0 radical (unpaired) electrons. The predicted octanol–water partition coefficient (Wildman–Crippen LogP) is 4.47. The average Bonchev–Trinajstić information content (AvgIpc) is 2.33. The molecule has 0 aliphatic heterocycles. The second-order valence-electron chi connectivity index (χ2n) is 5.75. The van der Waals surface area contributed by atoms with Gasteiger partial charge in [0.2, 0.25) is 0 Å². The molecule has 1 aromatic rings. The van der Waals surface area contributed by atoms with Crippen LogP contribution in [-0.4, -0.2) is 13.1 Å². The molecular formula is C15H20BrF2N. The maximum Gasteiger partial charge on any atom is 0.143 e. The van der Waals surface area contributed by atoms with Crippen LogP contribution in [0.2, 0.25) is 0 Å². The minimum Gasteiger partial charge on any atom is -0.316 e. The van der Waals surface area contributed by atoms with Crippen LogP contribution in [-0.2, 0) is 0 Å². The first-order chi connectivity index (χ1) is 9.00. The molecule has 1 saturated carbocycles. The molecule has 2 rings (SSSR count). The van der Waals surface area contributed by atoms with Crippen LogP contribution < -0.4 is 5.32 Å². The first-order valence-corrected chi connectivity index (χ1v) is 7.64. The lowest BCUT2D eigenvalue weighted by Gasteiger charge is -2.37. The highest BCUT2D eigenvalue weighted by molar-refractivity contribution is 9.10. The zero-order valence-corrected chi connectivity index (χ0v) is 12.9. The van der Waals surface area contributed by atoms with Crippen LogP contribution in [0.4, 0.5) is 8.78 Å². The summed E-state index contributed by atoms with van der Waals surface area (Å²) in [5.41, 5.74) is 0.261. The van der Waals surface area contributed by atoms with E-state index < -0.39 is 11.6 Å². The number of nitrogens with one attached hydrogen (secondary N) is 1. The lowest BCUT2D eigenvalue weighted by molar-refractivity contribution is 0.232. The molecule has 1 aliphatic carbocycles. The predicted molar refractivity (Wildman–Crippen MR) is 77.2 cm³/mol. The van der Waals surface area contributed by atoms with Gasteiger partial charge in [-0.15, -0.1) is 0 Å². The highest BCUT2D eigenvalue weighted by Crippen LogP contribution is 2.45. The van der Waals surface area contributed by atoms with Gasteiger partial charge in [0.15, 0.2) is 0 Å². The molecule has 2 unspecified atom stereocenters. The Balaban J connectivity index is 2.04. The summed E-state index contributed by atoms with van der Waals surface area (Å²) in [6.07, 6.45) is 1.92. The molecule has 2 atom stereocenters. The monoisotopic (exact) mass is 331 g/mol. The summed E-state index contributed by atoms with van der Waals surface area (Å²) in [7, 11) is 0. The number of hydrogen-bond acceptors (Lipinski definition) is 1. The van der Waals surface area contributed by atoms with Gasteiger partial charge in [-0.1, -0.05) is 13.8 Å². The van der Waals surface area contributed by atoms with Crippen molar-refractivity contribution in [1.29, 1.82) is 0 Å². The van der Waals surface area contributed by atoms with Gasteiger partial charge in [-0.25, -0.2) is 8.78 Å². The molecule has 1 fully saturated rings. The molecule has 0 saturated heterocycles. The van der Waals surface area contributed by atoms with Crippen LogP contribution in [0.25, 0.3) is 0 Å². The van der Waals surface area contributed by atoms with Crippen LogP contribution in [0.3, 0.4) is 0 Å². The van der Waals surface area contributed by atoms with E-state index in [0.717, 1.165) is 25.9 Å². The largest absolute Gasteiger partial charge is 0.316 e. The van der Waals surface area contributed by atoms with E-state index in [2.05, 4.69) is 35.1 Å². The molecule has 1 nitrogen and oxygen atoms in total. The molecule has 1 aromatic carbocycles. The number of halogens is 3. The van der Waals surface area contributed by atoms with Crippen LogP contribution >= 0.6 is 15.9 Å². The lowest BCUT2D eigenvalue weighted by Crippen LogP contribution is -2.36. The summed E-state index contributed by atoms with van der Waals surface area (Å²) in [6, 6.07) is 2.78. The van der Waals surface area contributed by atoms with E-state index in [9.17, 15) is 8.78 Å². The van der Waals surface area contributed by atoms with Crippen molar-refractivity contribution in [3.8, 4) is 0 Å². The van der Waals surface area contributed by atoms with Crippen molar-refractivity contribution >= 4 is 15.9 Å². The summed E-state index contributed by atoms with van der Waals surface area (Å²) in [6.45, 7) is 6.10. The Hall–Kier alpha value is -0.480. The molecular weight excluding hydrogens is 312 g/mol. The fraction of sp³-hybridized carbons (Fsp3) is 0.600. The molecule has 0 bridgehead atoms. The molecule has 0 aromatic heterocycles. The van der Waals surface area contributed by atoms with Gasteiger partial charge in [-0.3, -0.25) is 0 Å². The first-order valence-electron chi connectivity index (χ1n) is 6.84. The van der Waals surface area contributed by atoms with Gasteiger partial charge in [0.25, 0.3) is 0 Å². The number of hydrogen-bond donors (Lipinski definition) is 1. The first kappa shape index (κ1) is 14.9. The maximum absolute atomic E-state index is 14.1. The molecule has 1 N–H and O–H groups in total. The van der Waals surface area contributed by atoms with Crippen LogP contribution in [0.15, 0.2) is 16.6 Å². The van der Waals surface area contributed by atoms with Gasteiger partial charge in [-0.05, 0) is 71.7 Å². The van der Waals surface area contributed by atoms with Crippen molar-refractivity contribution in [3.05, 3.63) is 33.8 Å². The lowest BCUT2D eigenvalue weighted by atomic mass is 9.69. The van der Waals surface area contributed by atoms with Crippen LogP contribution in [0.1, 0.15) is 38.2 Å². The zero-order valence-electron chi connectivity index (χ0n) is 11.3. The molecule has 1 aliphatic rings. The van der Waals surface area contributed by atoms with Crippen molar-refractivity contribution in [2.45, 2.75) is 32.6 Å². The van der Waals surface area contributed by atoms with E-state index in [1.165, 1.54) is 12.1 Å². The van der Waals surface area contributed by atoms with Crippen molar-refractivity contribution < 1.29 is 8.78 Å². The van der Waals surface area contributed by atoms with E-state index in [1.807, 2.05) is 0 Å². The minimum absolute atomic E-state index is 0.0113. The van der Waals surface area contributed by atoms with E-state index in [4.69, 9.17) is 0 Å². The van der Waals surface area contributed by atoms with Crippen molar-refractivity contribution in [2.75, 3.05) is 13.1 Å². The smallest absolute Gasteiger partial charge is 0.143 e. The summed E-state index contributed by atoms with van der Waals surface area (Å²) in [5, 5.41) is 3.38. The average molecular weight is 332 g/mol. The Labute approximate surface area is 121 Å². The van der Waals surface area contributed by atoms with E-state index in [0.29, 0.717) is 16.3 Å². The highest BCUT2D eigenvalue weighted by atomic mass is 79.9. The Kier molecular flexibility index (Phi) is 4.96. The number of rotatable bonds is 5. The SMILES string of the molecule is CC(C)CNCC1CCC1c1c(F)ccc(Br)c1F. The summed E-state index contributed by atoms with van der Waals surface area (Å²) in [5.74, 6) is 0.102. The van der Waals surface area contributed by atoms with Crippen molar-refractivity contribution in [3.63, 3.8) is 0 Å². The van der Waals surface area contributed by atoms with Gasteiger partial charge in [0.1, 0.15) is 11.6 Å². The summed E-state index contributed by atoms with van der Waals surface area (Å²) in [4.78, 5) is 0. The maximum atomic E-state index is 14.1. The second kappa shape index (κ2) is 6.31. The van der Waals surface area contributed by atoms with Gasteiger partial charge >= 0.3 is 0 Å². The Morgan fingerprint density at radius 3 is 2.63 bits per heavy atom. The quantitative estimate of drug-likeness (QED) is 0.785. The van der Waals surface area contributed by atoms with Crippen LogP contribution in [0.5, 0.6) is 0 Å². The molecule has 0 spiro atoms. The molecule has 106 valence electrons. The fourth-order valence-corrected chi connectivity index (χ4v) is 2.98. The molecule has 4 heteroatoms. The van der Waals surface area contributed by atoms with E-state index >= 15 is 0 Å². The van der Waals surface area contributed by atoms with Gasteiger partial charge in [-0.2, -0.15) is 0 Å². The van der Waals surface area contributed by atoms with E-state index in [-0.39, 0.29) is 11.5 Å². The normalized spacial score (nSPS) is 22.6. The number of benzene rings is 1. The van der Waals surface area contributed by atoms with Crippen molar-refractivity contribution in [2.24, 2.45) is 11.8 Å². The third-order valence-corrected chi connectivity index (χ3v) is 4.44.